The van der Waals surface area contributed by atoms with Gasteiger partial charge in [-0.3, -0.25) is 19.5 Å². The van der Waals surface area contributed by atoms with E-state index in [0.717, 1.165) is 11.3 Å². The van der Waals surface area contributed by atoms with E-state index >= 15 is 0 Å². The van der Waals surface area contributed by atoms with Crippen LogP contribution in [-0.2, 0) is 22.5 Å². The van der Waals surface area contributed by atoms with E-state index in [2.05, 4.69) is 20.5 Å². The molecule has 3 aromatic rings. The zero-order chi connectivity index (χ0) is 19.6. The molecule has 0 aliphatic carbocycles. The van der Waals surface area contributed by atoms with Gasteiger partial charge in [-0.15, -0.1) is 21.5 Å². The molecule has 10 nitrogen and oxygen atoms in total. The molecular weight excluding hydrogens is 394 g/mol. The highest BCUT2D eigenvalue weighted by Crippen LogP contribution is 2.22. The van der Waals surface area contributed by atoms with Crippen molar-refractivity contribution < 1.29 is 19.4 Å². The first-order valence-electron chi connectivity index (χ1n) is 7.73. The van der Waals surface area contributed by atoms with Crippen LogP contribution in [0.15, 0.2) is 10.2 Å². The Kier molecular flexibility index (Phi) is 5.58. The fraction of sp³-hybridized carbons (Fsp3) is 0.333. The van der Waals surface area contributed by atoms with Crippen LogP contribution in [0.3, 0.4) is 0 Å². The monoisotopic (exact) mass is 409 g/mol. The Labute approximate surface area is 160 Å². The van der Waals surface area contributed by atoms with Crippen LogP contribution in [0.5, 0.6) is 0 Å². The molecule has 0 spiro atoms. The fourth-order valence-electron chi connectivity index (χ4n) is 2.42. The molecule has 3 heterocycles. The molecule has 0 saturated heterocycles. The molecule has 142 valence electrons. The smallest absolute Gasteiger partial charge is 0.337 e. The fourth-order valence-corrected chi connectivity index (χ4v) is 3.95. The standard InChI is InChI=1S/C15H15N5O5S2/c1-7-18-19-15(27-7)17-10(21)5-20-9(3-4-25-2)16-12-11(13(20)22)8(6-26-12)14(23)24/h6H,3-5H2,1-2H3,(H,23,24)(H,17,19,21). The molecule has 0 aliphatic rings. The van der Waals surface area contributed by atoms with Gasteiger partial charge >= 0.3 is 5.97 Å². The number of fused-ring (bicyclic) bond motifs is 1. The van der Waals surface area contributed by atoms with Gasteiger partial charge in [0.2, 0.25) is 11.0 Å². The number of carboxylic acid groups (broad SMARTS) is 1. The lowest BCUT2D eigenvalue weighted by Crippen LogP contribution is -2.32. The predicted octanol–water partition coefficient (Wildman–Crippen LogP) is 1.14. The summed E-state index contributed by atoms with van der Waals surface area (Å²) in [7, 11) is 1.51. The summed E-state index contributed by atoms with van der Waals surface area (Å²) in [5.74, 6) is -1.36. The summed E-state index contributed by atoms with van der Waals surface area (Å²) >= 11 is 2.28. The minimum Gasteiger partial charge on any atom is -0.478 e. The highest BCUT2D eigenvalue weighted by Gasteiger charge is 2.21. The number of hydrogen-bond acceptors (Lipinski definition) is 9. The first kappa shape index (κ1) is 19.1. The highest BCUT2D eigenvalue weighted by molar-refractivity contribution is 7.17. The molecule has 0 radical (unpaired) electrons. The maximum Gasteiger partial charge on any atom is 0.337 e. The van der Waals surface area contributed by atoms with E-state index in [1.54, 1.807) is 6.92 Å². The third-order valence-electron chi connectivity index (χ3n) is 3.61. The third-order valence-corrected chi connectivity index (χ3v) is 5.23. The first-order valence-corrected chi connectivity index (χ1v) is 9.43. The molecule has 0 bridgehead atoms. The minimum absolute atomic E-state index is 0.00627. The van der Waals surface area contributed by atoms with E-state index in [9.17, 15) is 19.5 Å². The Morgan fingerprint density at radius 1 is 1.37 bits per heavy atom. The normalized spacial score (nSPS) is 11.0. The van der Waals surface area contributed by atoms with Crippen LogP contribution in [0.2, 0.25) is 0 Å². The van der Waals surface area contributed by atoms with Gasteiger partial charge in [-0.05, 0) is 6.92 Å². The number of aryl methyl sites for hydroxylation is 1. The van der Waals surface area contributed by atoms with E-state index in [0.29, 0.717) is 33.8 Å². The van der Waals surface area contributed by atoms with Gasteiger partial charge in [0.1, 0.15) is 22.2 Å². The zero-order valence-corrected chi connectivity index (χ0v) is 16.0. The summed E-state index contributed by atoms with van der Waals surface area (Å²) in [6.45, 7) is 1.73. The van der Waals surface area contributed by atoms with Crippen molar-refractivity contribution >= 4 is 49.9 Å². The van der Waals surface area contributed by atoms with E-state index < -0.39 is 17.4 Å². The first-order chi connectivity index (χ1) is 12.9. The number of nitrogens with one attached hydrogen (secondary N) is 1. The summed E-state index contributed by atoms with van der Waals surface area (Å²) < 4.78 is 6.21. The third kappa shape index (κ3) is 4.02. The summed E-state index contributed by atoms with van der Waals surface area (Å²) in [6, 6.07) is 0. The van der Waals surface area contributed by atoms with Crippen molar-refractivity contribution in [2.45, 2.75) is 19.9 Å². The molecule has 0 fully saturated rings. The van der Waals surface area contributed by atoms with Gasteiger partial charge in [0.25, 0.3) is 5.56 Å². The number of methoxy groups -OCH3 is 1. The maximum absolute atomic E-state index is 12.9. The van der Waals surface area contributed by atoms with Gasteiger partial charge in [0.15, 0.2) is 0 Å². The van der Waals surface area contributed by atoms with Crippen LogP contribution in [0.4, 0.5) is 5.13 Å². The Morgan fingerprint density at radius 2 is 2.15 bits per heavy atom. The number of nitrogens with zero attached hydrogens (tertiary/aromatic N) is 4. The van der Waals surface area contributed by atoms with Crippen LogP contribution in [-0.4, -0.2) is 50.4 Å². The predicted molar refractivity (Wildman–Crippen MR) is 99.7 cm³/mol. The lowest BCUT2D eigenvalue weighted by Gasteiger charge is -2.12. The second-order valence-electron chi connectivity index (χ2n) is 5.47. The number of thiophene rings is 1. The molecule has 1 amide bonds. The average molecular weight is 409 g/mol. The average Bonchev–Trinajstić information content (AvgIpc) is 3.22. The molecule has 0 unspecified atom stereocenters. The van der Waals surface area contributed by atoms with Crippen molar-refractivity contribution in [3.05, 3.63) is 32.1 Å². The lowest BCUT2D eigenvalue weighted by molar-refractivity contribution is -0.116. The molecular formula is C15H15N5O5S2. The number of carbonyl (C=O) groups excluding carboxylic acids is 1. The summed E-state index contributed by atoms with van der Waals surface area (Å²) in [5, 5.41) is 21.9. The highest BCUT2D eigenvalue weighted by atomic mass is 32.1. The molecule has 0 saturated carbocycles. The second kappa shape index (κ2) is 7.90. The van der Waals surface area contributed by atoms with Gasteiger partial charge in [-0.25, -0.2) is 9.78 Å². The minimum atomic E-state index is -1.22. The lowest BCUT2D eigenvalue weighted by atomic mass is 10.2. The number of carbonyl (C=O) groups is 2. The largest absolute Gasteiger partial charge is 0.478 e. The van der Waals surface area contributed by atoms with Crippen molar-refractivity contribution in [3.63, 3.8) is 0 Å². The van der Waals surface area contributed by atoms with Crippen molar-refractivity contribution in [2.75, 3.05) is 19.0 Å². The van der Waals surface area contributed by atoms with E-state index in [-0.39, 0.29) is 17.5 Å². The number of amides is 1. The Balaban J connectivity index is 2.00. The quantitative estimate of drug-likeness (QED) is 0.593. The van der Waals surface area contributed by atoms with E-state index in [4.69, 9.17) is 4.74 Å². The Bertz CT molecular complexity index is 1070. The molecule has 27 heavy (non-hydrogen) atoms. The topological polar surface area (TPSA) is 136 Å². The number of hydrogen-bond donors (Lipinski definition) is 2. The van der Waals surface area contributed by atoms with Crippen LogP contribution < -0.4 is 10.9 Å². The summed E-state index contributed by atoms with van der Waals surface area (Å²) in [5.41, 5.74) is -0.701. The SMILES string of the molecule is COCCc1nc2scc(C(=O)O)c2c(=O)n1CC(=O)Nc1nnc(C)s1. The van der Waals surface area contributed by atoms with Gasteiger partial charge in [-0.1, -0.05) is 11.3 Å². The van der Waals surface area contributed by atoms with Gasteiger partial charge in [0, 0.05) is 18.9 Å². The number of rotatable bonds is 7. The number of carboxylic acids is 1. The number of aromatic carboxylic acids is 1. The molecule has 3 rings (SSSR count). The Morgan fingerprint density at radius 3 is 2.78 bits per heavy atom. The zero-order valence-electron chi connectivity index (χ0n) is 14.4. The molecule has 0 aromatic carbocycles. The molecule has 3 aromatic heterocycles. The van der Waals surface area contributed by atoms with Gasteiger partial charge in [0.05, 0.1) is 17.6 Å². The van der Waals surface area contributed by atoms with Crippen molar-refractivity contribution in [1.29, 1.82) is 0 Å². The van der Waals surface area contributed by atoms with Crippen molar-refractivity contribution in [1.82, 2.24) is 19.7 Å². The van der Waals surface area contributed by atoms with E-state index in [1.165, 1.54) is 28.4 Å². The van der Waals surface area contributed by atoms with Crippen LogP contribution in [0.1, 0.15) is 21.2 Å². The molecule has 2 N–H and O–H groups in total. The Hall–Kier alpha value is -2.70. The molecule has 0 atom stereocenters. The van der Waals surface area contributed by atoms with Crippen molar-refractivity contribution in [2.24, 2.45) is 0 Å². The van der Waals surface area contributed by atoms with Crippen LogP contribution >= 0.6 is 22.7 Å². The maximum atomic E-state index is 12.9. The molecule has 0 aliphatic heterocycles. The summed E-state index contributed by atoms with van der Waals surface area (Å²) in [4.78, 5) is 41.3. The van der Waals surface area contributed by atoms with E-state index in [1.807, 2.05) is 0 Å². The number of aromatic nitrogens is 4. The van der Waals surface area contributed by atoms with Crippen LogP contribution in [0.25, 0.3) is 10.2 Å². The van der Waals surface area contributed by atoms with Crippen LogP contribution in [0, 0.1) is 6.92 Å². The van der Waals surface area contributed by atoms with Gasteiger partial charge < -0.3 is 9.84 Å². The second-order valence-corrected chi connectivity index (χ2v) is 7.51. The van der Waals surface area contributed by atoms with Gasteiger partial charge in [-0.2, -0.15) is 0 Å². The number of ether oxygens (including phenoxy) is 1. The number of anilines is 1. The summed E-state index contributed by atoms with van der Waals surface area (Å²) in [6.07, 6.45) is 0.299. The van der Waals surface area contributed by atoms with Crippen molar-refractivity contribution in [3.8, 4) is 0 Å². The molecule has 12 heteroatoms.